The molecule has 1 aliphatic carbocycles. The Kier molecular flexibility index (Phi) is 5.67. The fourth-order valence-corrected chi connectivity index (χ4v) is 4.00. The van der Waals surface area contributed by atoms with Gasteiger partial charge in [0.25, 0.3) is 0 Å². The number of alkyl halides is 3. The molecule has 0 unspecified atom stereocenters. The lowest BCUT2D eigenvalue weighted by molar-refractivity contribution is -0.0922. The van der Waals surface area contributed by atoms with E-state index in [9.17, 15) is 22.8 Å². The monoisotopic (exact) mass is 440 g/mol. The SMILES string of the molecule is CC1=C(C(F)(F)F)Cc2c(C(N)=O)cc(F)c(C3=CCCN(C(=O)OC(C)(C)C)C3)c21. The number of benzene rings is 1. The molecule has 3 rings (SSSR count). The molecule has 2 amide bonds. The predicted molar refractivity (Wildman–Crippen MR) is 108 cm³/mol. The van der Waals surface area contributed by atoms with E-state index < -0.39 is 41.6 Å². The van der Waals surface area contributed by atoms with Crippen LogP contribution in [0.25, 0.3) is 11.1 Å². The smallest absolute Gasteiger partial charge is 0.413 e. The zero-order chi connectivity index (χ0) is 23.3. The average molecular weight is 440 g/mol. The van der Waals surface area contributed by atoms with Crippen LogP contribution in [0.2, 0.25) is 0 Å². The van der Waals surface area contributed by atoms with E-state index in [0.29, 0.717) is 18.5 Å². The molecule has 0 saturated carbocycles. The van der Waals surface area contributed by atoms with Crippen LogP contribution in [-0.4, -0.2) is 41.8 Å². The molecule has 1 aromatic rings. The Bertz CT molecular complexity index is 1020. The third-order valence-electron chi connectivity index (χ3n) is 5.30. The second kappa shape index (κ2) is 7.69. The highest BCUT2D eigenvalue weighted by molar-refractivity contribution is 5.99. The largest absolute Gasteiger partial charge is 0.444 e. The number of primary amides is 1. The minimum Gasteiger partial charge on any atom is -0.444 e. The van der Waals surface area contributed by atoms with E-state index in [0.717, 1.165) is 6.07 Å². The highest BCUT2D eigenvalue weighted by Gasteiger charge is 2.42. The van der Waals surface area contributed by atoms with Gasteiger partial charge in [0, 0.05) is 36.2 Å². The van der Waals surface area contributed by atoms with Crippen LogP contribution in [0, 0.1) is 5.82 Å². The first-order valence-corrected chi connectivity index (χ1v) is 9.80. The molecular formula is C22H24F4N2O3. The third kappa shape index (κ3) is 4.45. The maximum absolute atomic E-state index is 15.2. The molecule has 2 N–H and O–H groups in total. The number of fused-ring (bicyclic) bond motifs is 1. The molecule has 0 saturated heterocycles. The number of hydrogen-bond acceptors (Lipinski definition) is 3. The molecule has 2 aliphatic rings. The molecule has 0 radical (unpaired) electrons. The number of carbonyl (C=O) groups is 2. The van der Waals surface area contributed by atoms with E-state index in [1.165, 1.54) is 11.8 Å². The molecule has 9 heteroatoms. The van der Waals surface area contributed by atoms with Crippen LogP contribution in [0.4, 0.5) is 22.4 Å². The topological polar surface area (TPSA) is 72.6 Å². The highest BCUT2D eigenvalue weighted by Crippen LogP contribution is 2.46. The van der Waals surface area contributed by atoms with Crippen molar-refractivity contribution >= 4 is 23.1 Å². The van der Waals surface area contributed by atoms with Crippen molar-refractivity contribution in [1.82, 2.24) is 4.90 Å². The Labute approximate surface area is 177 Å². The van der Waals surface area contributed by atoms with Crippen LogP contribution in [0.1, 0.15) is 61.2 Å². The van der Waals surface area contributed by atoms with Gasteiger partial charge in [-0.25, -0.2) is 9.18 Å². The Morgan fingerprint density at radius 2 is 1.81 bits per heavy atom. The van der Waals surface area contributed by atoms with Crippen molar-refractivity contribution in [3.05, 3.63) is 45.8 Å². The summed E-state index contributed by atoms with van der Waals surface area (Å²) in [5.41, 5.74) is 3.75. The summed E-state index contributed by atoms with van der Waals surface area (Å²) >= 11 is 0. The lowest BCUT2D eigenvalue weighted by atomic mass is 9.88. The molecule has 31 heavy (non-hydrogen) atoms. The Balaban J connectivity index is 2.10. The van der Waals surface area contributed by atoms with Gasteiger partial charge >= 0.3 is 12.3 Å². The number of carbonyl (C=O) groups excluding carboxylic acids is 2. The van der Waals surface area contributed by atoms with Crippen molar-refractivity contribution in [2.24, 2.45) is 5.73 Å². The van der Waals surface area contributed by atoms with Crippen LogP contribution in [-0.2, 0) is 11.2 Å². The summed E-state index contributed by atoms with van der Waals surface area (Å²) in [7, 11) is 0. The molecule has 0 atom stereocenters. The number of nitrogens with two attached hydrogens (primary N) is 1. The Morgan fingerprint density at radius 3 is 2.35 bits per heavy atom. The van der Waals surface area contributed by atoms with Crippen molar-refractivity contribution in [1.29, 1.82) is 0 Å². The second-order valence-electron chi connectivity index (χ2n) is 8.70. The standard InChI is InChI=1S/C22H24F4N2O3/c1-11-15(22(24,25)26)8-13-14(19(27)29)9-16(23)18(17(11)13)12-6-5-7-28(10-12)20(30)31-21(2,3)4/h6,9H,5,7-8,10H2,1-4H3,(H2,27,29). The van der Waals surface area contributed by atoms with Crippen LogP contribution in [0.15, 0.2) is 17.7 Å². The van der Waals surface area contributed by atoms with Gasteiger partial charge in [-0.2, -0.15) is 13.2 Å². The quantitative estimate of drug-likeness (QED) is 0.669. The first-order chi connectivity index (χ1) is 14.2. The van der Waals surface area contributed by atoms with Gasteiger partial charge in [-0.05, 0) is 62.5 Å². The summed E-state index contributed by atoms with van der Waals surface area (Å²) in [6.45, 7) is 6.72. The number of hydrogen-bond donors (Lipinski definition) is 1. The lowest BCUT2D eigenvalue weighted by Crippen LogP contribution is -2.39. The number of allylic oxidation sites excluding steroid dienone is 2. The molecule has 168 valence electrons. The summed E-state index contributed by atoms with van der Waals surface area (Å²) in [4.78, 5) is 25.7. The summed E-state index contributed by atoms with van der Waals surface area (Å²) in [5, 5.41) is 0. The van der Waals surface area contributed by atoms with E-state index >= 15 is 4.39 Å². The molecule has 0 spiro atoms. The number of amides is 2. The van der Waals surface area contributed by atoms with Crippen LogP contribution in [0.3, 0.4) is 0 Å². The van der Waals surface area contributed by atoms with Gasteiger partial charge in [0.15, 0.2) is 0 Å². The van der Waals surface area contributed by atoms with Crippen molar-refractivity contribution < 1.29 is 31.9 Å². The van der Waals surface area contributed by atoms with Gasteiger partial charge in [-0.3, -0.25) is 4.79 Å². The molecule has 0 aromatic heterocycles. The number of halogens is 4. The number of nitrogens with zero attached hydrogens (tertiary/aromatic N) is 1. The fourth-order valence-electron chi connectivity index (χ4n) is 4.00. The van der Waals surface area contributed by atoms with E-state index in [1.54, 1.807) is 26.8 Å². The molecule has 1 aromatic carbocycles. The van der Waals surface area contributed by atoms with Crippen LogP contribution < -0.4 is 5.73 Å². The molecular weight excluding hydrogens is 416 g/mol. The van der Waals surface area contributed by atoms with Gasteiger partial charge in [-0.1, -0.05) is 6.08 Å². The maximum Gasteiger partial charge on any atom is 0.413 e. The summed E-state index contributed by atoms with van der Waals surface area (Å²) in [5.74, 6) is -1.85. The molecule has 1 heterocycles. The molecule has 1 aliphatic heterocycles. The van der Waals surface area contributed by atoms with Gasteiger partial charge in [0.05, 0.1) is 0 Å². The third-order valence-corrected chi connectivity index (χ3v) is 5.30. The van der Waals surface area contributed by atoms with Crippen molar-refractivity contribution in [2.75, 3.05) is 13.1 Å². The summed E-state index contributed by atoms with van der Waals surface area (Å²) in [6.07, 6.45) is -3.70. The number of ether oxygens (including phenoxy) is 1. The minimum absolute atomic E-state index is 0.0250. The minimum atomic E-state index is -4.63. The number of rotatable bonds is 2. The summed E-state index contributed by atoms with van der Waals surface area (Å²) in [6, 6.07) is 0.885. The van der Waals surface area contributed by atoms with Crippen LogP contribution in [0.5, 0.6) is 0 Å². The first-order valence-electron chi connectivity index (χ1n) is 9.80. The normalized spacial score (nSPS) is 16.9. The average Bonchev–Trinajstić information content (AvgIpc) is 2.97. The maximum atomic E-state index is 15.2. The van der Waals surface area contributed by atoms with E-state index in [4.69, 9.17) is 10.5 Å². The van der Waals surface area contributed by atoms with E-state index in [1.807, 2.05) is 0 Å². The lowest BCUT2D eigenvalue weighted by Gasteiger charge is -2.31. The van der Waals surface area contributed by atoms with Crippen molar-refractivity contribution in [3.63, 3.8) is 0 Å². The molecule has 0 fully saturated rings. The van der Waals surface area contributed by atoms with Gasteiger partial charge in [-0.15, -0.1) is 0 Å². The zero-order valence-corrected chi connectivity index (χ0v) is 17.7. The Morgan fingerprint density at radius 1 is 1.16 bits per heavy atom. The first kappa shape index (κ1) is 22.8. The van der Waals surface area contributed by atoms with Crippen molar-refractivity contribution in [2.45, 2.75) is 52.3 Å². The van der Waals surface area contributed by atoms with Crippen LogP contribution >= 0.6 is 0 Å². The van der Waals surface area contributed by atoms with Gasteiger partial charge in [0.2, 0.25) is 5.91 Å². The highest BCUT2D eigenvalue weighted by atomic mass is 19.4. The second-order valence-corrected chi connectivity index (χ2v) is 8.70. The van der Waals surface area contributed by atoms with Gasteiger partial charge in [0.1, 0.15) is 11.4 Å². The fraction of sp³-hybridized carbons (Fsp3) is 0.455. The predicted octanol–water partition coefficient (Wildman–Crippen LogP) is 4.84. The van der Waals surface area contributed by atoms with E-state index in [2.05, 4.69) is 0 Å². The summed E-state index contributed by atoms with van der Waals surface area (Å²) < 4.78 is 61.2. The Hall–Kier alpha value is -2.84. The van der Waals surface area contributed by atoms with Crippen molar-refractivity contribution in [3.8, 4) is 0 Å². The zero-order valence-electron chi connectivity index (χ0n) is 17.7. The van der Waals surface area contributed by atoms with E-state index in [-0.39, 0.29) is 34.4 Å². The van der Waals surface area contributed by atoms with Gasteiger partial charge < -0.3 is 15.4 Å². The molecule has 5 nitrogen and oxygen atoms in total. The molecule has 0 bridgehead atoms.